The lowest BCUT2D eigenvalue weighted by atomic mass is 10.2. The number of nitrogens with one attached hydrogen (secondary N) is 2. The van der Waals surface area contributed by atoms with Gasteiger partial charge in [0.2, 0.25) is 5.91 Å². The van der Waals surface area contributed by atoms with Gasteiger partial charge in [0.25, 0.3) is 0 Å². The zero-order valence-electron chi connectivity index (χ0n) is 8.38. The van der Waals surface area contributed by atoms with E-state index in [-0.39, 0.29) is 11.9 Å². The molecule has 0 aromatic carbocycles. The van der Waals surface area contributed by atoms with Gasteiger partial charge in [0.05, 0.1) is 0 Å². The highest BCUT2D eigenvalue weighted by Crippen LogP contribution is 1.91. The van der Waals surface area contributed by atoms with Gasteiger partial charge in [-0.1, -0.05) is 0 Å². The minimum absolute atomic E-state index is 0.0319. The first-order chi connectivity index (χ1) is 6.52. The van der Waals surface area contributed by atoms with E-state index in [1.54, 1.807) is 0 Å². The predicted octanol–water partition coefficient (Wildman–Crippen LogP) is -1.10. The van der Waals surface area contributed by atoms with E-state index in [0.717, 1.165) is 0 Å². The molecule has 6 nitrogen and oxygen atoms in total. The molecule has 0 spiro atoms. The fourth-order valence-corrected chi connectivity index (χ4v) is 0.835. The van der Waals surface area contributed by atoms with E-state index in [9.17, 15) is 9.59 Å². The topological polar surface area (TPSA) is 110 Å². The maximum Gasteiger partial charge on any atom is 0.312 e. The highest BCUT2D eigenvalue weighted by atomic mass is 16.2. The van der Waals surface area contributed by atoms with Crippen LogP contribution in [-0.2, 0) is 4.79 Å². The SMILES string of the molecule is CC(N)CCC(=O)NCCNC(N)=O. The summed E-state index contributed by atoms with van der Waals surface area (Å²) in [6, 6.07) is -0.556. The maximum absolute atomic E-state index is 11.1. The molecule has 0 saturated heterocycles. The van der Waals surface area contributed by atoms with Crippen molar-refractivity contribution in [3.63, 3.8) is 0 Å². The normalized spacial score (nSPS) is 11.9. The van der Waals surface area contributed by atoms with Gasteiger partial charge in [0.15, 0.2) is 0 Å². The Labute approximate surface area is 83.4 Å². The van der Waals surface area contributed by atoms with Gasteiger partial charge in [-0.3, -0.25) is 4.79 Å². The Kier molecular flexibility index (Phi) is 6.47. The van der Waals surface area contributed by atoms with E-state index in [1.165, 1.54) is 0 Å². The van der Waals surface area contributed by atoms with Gasteiger partial charge in [-0.25, -0.2) is 4.79 Å². The molecule has 0 saturated carbocycles. The zero-order chi connectivity index (χ0) is 11.0. The number of hydrogen-bond donors (Lipinski definition) is 4. The number of carbonyl (C=O) groups excluding carboxylic acids is 2. The molecule has 14 heavy (non-hydrogen) atoms. The third-order valence-corrected chi connectivity index (χ3v) is 1.57. The van der Waals surface area contributed by atoms with Crippen molar-refractivity contribution in [3.05, 3.63) is 0 Å². The molecule has 6 N–H and O–H groups in total. The first-order valence-corrected chi connectivity index (χ1v) is 4.58. The lowest BCUT2D eigenvalue weighted by Crippen LogP contribution is -2.37. The third kappa shape index (κ3) is 8.79. The fourth-order valence-electron chi connectivity index (χ4n) is 0.835. The number of primary amides is 1. The molecule has 82 valence electrons. The van der Waals surface area contributed by atoms with Gasteiger partial charge >= 0.3 is 6.03 Å². The van der Waals surface area contributed by atoms with E-state index in [0.29, 0.717) is 25.9 Å². The van der Waals surface area contributed by atoms with Crippen LogP contribution < -0.4 is 22.1 Å². The first-order valence-electron chi connectivity index (χ1n) is 4.58. The van der Waals surface area contributed by atoms with Crippen molar-refractivity contribution in [3.8, 4) is 0 Å². The molecule has 0 aromatic rings. The third-order valence-electron chi connectivity index (χ3n) is 1.57. The number of amides is 3. The standard InChI is InChI=1S/C8H18N4O2/c1-6(9)2-3-7(13)11-4-5-12-8(10)14/h6H,2-5,9H2,1H3,(H,11,13)(H3,10,12,14). The Balaban J connectivity index is 3.31. The van der Waals surface area contributed by atoms with Crippen LogP contribution in [0.15, 0.2) is 0 Å². The second kappa shape index (κ2) is 7.14. The largest absolute Gasteiger partial charge is 0.354 e. The molecule has 0 heterocycles. The summed E-state index contributed by atoms with van der Waals surface area (Å²) in [5.41, 5.74) is 10.3. The number of urea groups is 1. The zero-order valence-corrected chi connectivity index (χ0v) is 8.38. The van der Waals surface area contributed by atoms with Crippen molar-refractivity contribution in [1.29, 1.82) is 0 Å². The van der Waals surface area contributed by atoms with E-state index in [2.05, 4.69) is 10.6 Å². The minimum Gasteiger partial charge on any atom is -0.354 e. The molecule has 6 heteroatoms. The number of rotatable bonds is 6. The average molecular weight is 202 g/mol. The Bertz CT molecular complexity index is 194. The summed E-state index contributed by atoms with van der Waals surface area (Å²) in [5.74, 6) is -0.0615. The lowest BCUT2D eigenvalue weighted by Gasteiger charge is -2.06. The molecular formula is C8H18N4O2. The Hall–Kier alpha value is -1.30. The van der Waals surface area contributed by atoms with Gasteiger partial charge in [-0.05, 0) is 13.3 Å². The number of nitrogens with two attached hydrogens (primary N) is 2. The predicted molar refractivity (Wildman–Crippen MR) is 53.5 cm³/mol. The van der Waals surface area contributed by atoms with Gasteiger partial charge in [0.1, 0.15) is 0 Å². The second-order valence-electron chi connectivity index (χ2n) is 3.16. The number of carbonyl (C=O) groups is 2. The molecule has 0 aliphatic carbocycles. The molecule has 0 fully saturated rings. The smallest absolute Gasteiger partial charge is 0.312 e. The van der Waals surface area contributed by atoms with Crippen LogP contribution in [-0.4, -0.2) is 31.1 Å². The van der Waals surface area contributed by atoms with Crippen LogP contribution in [0.3, 0.4) is 0 Å². The van der Waals surface area contributed by atoms with Crippen molar-refractivity contribution < 1.29 is 9.59 Å². The number of hydrogen-bond acceptors (Lipinski definition) is 3. The summed E-state index contributed by atoms with van der Waals surface area (Å²) in [7, 11) is 0. The van der Waals surface area contributed by atoms with Gasteiger partial charge in [-0.2, -0.15) is 0 Å². The van der Waals surface area contributed by atoms with Crippen molar-refractivity contribution in [2.75, 3.05) is 13.1 Å². The molecule has 0 aliphatic rings. The van der Waals surface area contributed by atoms with Crippen LogP contribution in [0.5, 0.6) is 0 Å². The summed E-state index contributed by atoms with van der Waals surface area (Å²) < 4.78 is 0. The van der Waals surface area contributed by atoms with E-state index in [4.69, 9.17) is 11.5 Å². The summed E-state index contributed by atoms with van der Waals surface area (Å²) in [6.07, 6.45) is 1.07. The highest BCUT2D eigenvalue weighted by molar-refractivity contribution is 5.76. The van der Waals surface area contributed by atoms with E-state index < -0.39 is 6.03 Å². The average Bonchev–Trinajstić information content (AvgIpc) is 2.08. The highest BCUT2D eigenvalue weighted by Gasteiger charge is 2.02. The maximum atomic E-state index is 11.1. The summed E-state index contributed by atoms with van der Waals surface area (Å²) in [6.45, 7) is 2.59. The Morgan fingerprint density at radius 3 is 2.36 bits per heavy atom. The second-order valence-corrected chi connectivity index (χ2v) is 3.16. The van der Waals surface area contributed by atoms with Gasteiger partial charge < -0.3 is 22.1 Å². The first kappa shape index (κ1) is 12.7. The Morgan fingerprint density at radius 1 is 1.29 bits per heavy atom. The van der Waals surface area contributed by atoms with Gasteiger partial charge in [-0.15, -0.1) is 0 Å². The lowest BCUT2D eigenvalue weighted by molar-refractivity contribution is -0.121. The molecule has 1 atom stereocenters. The van der Waals surface area contributed by atoms with Crippen LogP contribution in [0.25, 0.3) is 0 Å². The molecule has 0 bridgehead atoms. The van der Waals surface area contributed by atoms with Crippen molar-refractivity contribution in [1.82, 2.24) is 10.6 Å². The summed E-state index contributed by atoms with van der Waals surface area (Å²) in [4.78, 5) is 21.3. The van der Waals surface area contributed by atoms with Crippen LogP contribution in [0.4, 0.5) is 4.79 Å². The molecule has 0 rings (SSSR count). The fraction of sp³-hybridized carbons (Fsp3) is 0.750. The molecule has 0 aromatic heterocycles. The van der Waals surface area contributed by atoms with Crippen molar-refractivity contribution in [2.24, 2.45) is 11.5 Å². The molecular weight excluding hydrogens is 184 g/mol. The quantitative estimate of drug-likeness (QED) is 0.410. The van der Waals surface area contributed by atoms with E-state index >= 15 is 0 Å². The van der Waals surface area contributed by atoms with Crippen LogP contribution in [0.1, 0.15) is 19.8 Å². The van der Waals surface area contributed by atoms with Crippen LogP contribution >= 0.6 is 0 Å². The van der Waals surface area contributed by atoms with Crippen LogP contribution in [0, 0.1) is 0 Å². The van der Waals surface area contributed by atoms with Crippen LogP contribution in [0.2, 0.25) is 0 Å². The van der Waals surface area contributed by atoms with Crippen molar-refractivity contribution >= 4 is 11.9 Å². The monoisotopic (exact) mass is 202 g/mol. The molecule has 0 aliphatic heterocycles. The Morgan fingerprint density at radius 2 is 1.86 bits per heavy atom. The van der Waals surface area contributed by atoms with Gasteiger partial charge in [0, 0.05) is 25.6 Å². The molecule has 0 radical (unpaired) electrons. The minimum atomic E-state index is -0.588. The van der Waals surface area contributed by atoms with E-state index in [1.807, 2.05) is 6.92 Å². The molecule has 3 amide bonds. The summed E-state index contributed by atoms with van der Waals surface area (Å²) in [5, 5.41) is 4.99. The molecule has 1 unspecified atom stereocenters. The van der Waals surface area contributed by atoms with Crippen molar-refractivity contribution in [2.45, 2.75) is 25.8 Å². The summed E-state index contributed by atoms with van der Waals surface area (Å²) >= 11 is 0.